The molecule has 2 aliphatic rings. The molecule has 1 aliphatic carbocycles. The lowest BCUT2D eigenvalue weighted by atomic mass is 10.2. The van der Waals surface area contributed by atoms with Gasteiger partial charge in [0.05, 0.1) is 24.6 Å². The van der Waals surface area contributed by atoms with Gasteiger partial charge < -0.3 is 19.5 Å². The molecule has 2 unspecified atom stereocenters. The third-order valence-electron chi connectivity index (χ3n) is 5.42. The highest BCUT2D eigenvalue weighted by molar-refractivity contribution is 5.92. The fraction of sp³-hybridized carbons (Fsp3) is 0.429. The minimum absolute atomic E-state index is 0.0526. The highest BCUT2D eigenvalue weighted by atomic mass is 16.3. The molecule has 1 aliphatic heterocycles. The van der Waals surface area contributed by atoms with E-state index >= 15 is 0 Å². The molecule has 2 heterocycles. The third kappa shape index (κ3) is 3.99. The van der Waals surface area contributed by atoms with Gasteiger partial charge in [-0.2, -0.15) is 0 Å². The number of anilines is 1. The van der Waals surface area contributed by atoms with Gasteiger partial charge in [-0.05, 0) is 43.2 Å². The number of carbonyl (C=O) groups is 2. The van der Waals surface area contributed by atoms with Crippen molar-refractivity contribution < 1.29 is 14.0 Å². The number of aryl methyl sites for hydroxylation is 1. The lowest BCUT2D eigenvalue weighted by Gasteiger charge is -2.36. The summed E-state index contributed by atoms with van der Waals surface area (Å²) in [5, 5.41) is 2.86. The van der Waals surface area contributed by atoms with Crippen LogP contribution in [0.4, 0.5) is 5.69 Å². The van der Waals surface area contributed by atoms with Crippen LogP contribution in [0.1, 0.15) is 17.7 Å². The predicted molar refractivity (Wildman–Crippen MR) is 102 cm³/mol. The van der Waals surface area contributed by atoms with Crippen LogP contribution in [0.15, 0.2) is 47.1 Å². The Morgan fingerprint density at radius 2 is 1.93 bits per heavy atom. The minimum Gasteiger partial charge on any atom is -0.467 e. The van der Waals surface area contributed by atoms with Gasteiger partial charge in [-0.15, -0.1) is 0 Å². The standard InChI is InChI=1S/C21H25N3O3/c1-15-4-2-5-16(12-15)23-7-9-24(10-8-23)21(26)19-13-18(19)20(25)22-14-17-6-3-11-27-17/h2-6,11-12,18-19H,7-10,13-14H2,1H3,(H,22,25). The average Bonchev–Trinajstić information content (AvgIpc) is 3.32. The van der Waals surface area contributed by atoms with Crippen molar-refractivity contribution in [3.63, 3.8) is 0 Å². The Balaban J connectivity index is 1.25. The van der Waals surface area contributed by atoms with Crippen LogP contribution < -0.4 is 10.2 Å². The summed E-state index contributed by atoms with van der Waals surface area (Å²) in [5.41, 5.74) is 2.45. The van der Waals surface area contributed by atoms with Gasteiger partial charge in [0.25, 0.3) is 0 Å². The SMILES string of the molecule is Cc1cccc(N2CCN(C(=O)C3CC3C(=O)NCc3ccco3)CC2)c1. The first-order valence-corrected chi connectivity index (χ1v) is 9.52. The van der Waals surface area contributed by atoms with Crippen LogP contribution >= 0.6 is 0 Å². The summed E-state index contributed by atoms with van der Waals surface area (Å²) >= 11 is 0. The van der Waals surface area contributed by atoms with Crippen molar-refractivity contribution in [2.45, 2.75) is 19.9 Å². The Morgan fingerprint density at radius 3 is 2.63 bits per heavy atom. The van der Waals surface area contributed by atoms with Crippen LogP contribution in [0.2, 0.25) is 0 Å². The number of furan rings is 1. The number of carbonyl (C=O) groups excluding carboxylic acids is 2. The van der Waals surface area contributed by atoms with E-state index in [1.165, 1.54) is 11.3 Å². The molecule has 6 heteroatoms. The third-order valence-corrected chi connectivity index (χ3v) is 5.42. The zero-order chi connectivity index (χ0) is 18.8. The molecule has 1 N–H and O–H groups in total. The summed E-state index contributed by atoms with van der Waals surface area (Å²) in [5.74, 6) is 0.439. The van der Waals surface area contributed by atoms with Gasteiger partial charge in [-0.25, -0.2) is 0 Å². The lowest BCUT2D eigenvalue weighted by molar-refractivity contribution is -0.135. The number of benzene rings is 1. The number of amides is 2. The average molecular weight is 367 g/mol. The van der Waals surface area contributed by atoms with Crippen LogP contribution in [0.5, 0.6) is 0 Å². The first-order chi connectivity index (χ1) is 13.1. The molecule has 27 heavy (non-hydrogen) atoms. The molecule has 2 aromatic rings. The van der Waals surface area contributed by atoms with Gasteiger partial charge in [-0.3, -0.25) is 9.59 Å². The number of hydrogen-bond acceptors (Lipinski definition) is 4. The van der Waals surface area contributed by atoms with Crippen molar-refractivity contribution >= 4 is 17.5 Å². The Bertz CT molecular complexity index is 810. The summed E-state index contributed by atoms with van der Waals surface area (Å²) < 4.78 is 5.21. The first-order valence-electron chi connectivity index (χ1n) is 9.52. The van der Waals surface area contributed by atoms with Gasteiger partial charge >= 0.3 is 0 Å². The van der Waals surface area contributed by atoms with Crippen LogP contribution in [-0.2, 0) is 16.1 Å². The fourth-order valence-electron chi connectivity index (χ4n) is 3.72. The van der Waals surface area contributed by atoms with Gasteiger partial charge in [0.2, 0.25) is 11.8 Å². The van der Waals surface area contributed by atoms with Crippen molar-refractivity contribution in [3.05, 3.63) is 54.0 Å². The molecule has 2 atom stereocenters. The number of rotatable bonds is 5. The van der Waals surface area contributed by atoms with E-state index in [9.17, 15) is 9.59 Å². The molecule has 1 aromatic heterocycles. The van der Waals surface area contributed by atoms with Crippen molar-refractivity contribution in [2.75, 3.05) is 31.1 Å². The Labute approximate surface area is 159 Å². The number of nitrogens with one attached hydrogen (secondary N) is 1. The van der Waals surface area contributed by atoms with Crippen molar-refractivity contribution in [3.8, 4) is 0 Å². The molecule has 4 rings (SSSR count). The van der Waals surface area contributed by atoms with Gasteiger partial charge in [-0.1, -0.05) is 12.1 Å². The Morgan fingerprint density at radius 1 is 1.11 bits per heavy atom. The molecular weight excluding hydrogens is 342 g/mol. The molecule has 0 radical (unpaired) electrons. The van der Waals surface area contributed by atoms with Gasteiger partial charge in [0, 0.05) is 31.9 Å². The molecular formula is C21H25N3O3. The van der Waals surface area contributed by atoms with Crippen LogP contribution in [-0.4, -0.2) is 42.9 Å². The summed E-state index contributed by atoms with van der Waals surface area (Å²) in [6.07, 6.45) is 2.24. The van der Waals surface area contributed by atoms with Gasteiger partial charge in [0.1, 0.15) is 5.76 Å². The molecule has 142 valence electrons. The number of hydrogen-bond donors (Lipinski definition) is 1. The maximum absolute atomic E-state index is 12.7. The topological polar surface area (TPSA) is 65.8 Å². The summed E-state index contributed by atoms with van der Waals surface area (Å²) in [4.78, 5) is 29.2. The maximum atomic E-state index is 12.7. The van der Waals surface area contributed by atoms with E-state index in [-0.39, 0.29) is 23.7 Å². The number of nitrogens with zero attached hydrogens (tertiary/aromatic N) is 2. The first kappa shape index (κ1) is 17.6. The van der Waals surface area contributed by atoms with E-state index in [1.54, 1.807) is 12.3 Å². The van der Waals surface area contributed by atoms with Crippen molar-refractivity contribution in [1.82, 2.24) is 10.2 Å². The largest absolute Gasteiger partial charge is 0.467 e. The normalized spacial score (nSPS) is 21.8. The minimum atomic E-state index is -0.192. The molecule has 1 saturated carbocycles. The highest BCUT2D eigenvalue weighted by Crippen LogP contribution is 2.40. The van der Waals surface area contributed by atoms with Crippen LogP contribution in [0.3, 0.4) is 0 Å². The highest BCUT2D eigenvalue weighted by Gasteiger charge is 2.49. The van der Waals surface area contributed by atoms with E-state index < -0.39 is 0 Å². The van der Waals surface area contributed by atoms with Gasteiger partial charge in [0.15, 0.2) is 0 Å². The fourth-order valence-corrected chi connectivity index (χ4v) is 3.72. The lowest BCUT2D eigenvalue weighted by Crippen LogP contribution is -2.49. The smallest absolute Gasteiger partial charge is 0.226 e. The quantitative estimate of drug-likeness (QED) is 0.880. The van der Waals surface area contributed by atoms with Crippen molar-refractivity contribution in [1.29, 1.82) is 0 Å². The van der Waals surface area contributed by atoms with Crippen LogP contribution in [0.25, 0.3) is 0 Å². The summed E-state index contributed by atoms with van der Waals surface area (Å²) in [7, 11) is 0. The van der Waals surface area contributed by atoms with Crippen LogP contribution in [0, 0.1) is 18.8 Å². The van der Waals surface area contributed by atoms with E-state index in [0.29, 0.717) is 26.1 Å². The monoisotopic (exact) mass is 367 g/mol. The molecule has 2 amide bonds. The molecule has 0 bridgehead atoms. The van der Waals surface area contributed by atoms with E-state index in [2.05, 4.69) is 41.4 Å². The predicted octanol–water partition coefficient (Wildman–Crippen LogP) is 2.19. The Kier molecular flexibility index (Phi) is 4.88. The second-order valence-electron chi connectivity index (χ2n) is 7.40. The summed E-state index contributed by atoms with van der Waals surface area (Å²) in [6.45, 7) is 5.55. The zero-order valence-electron chi connectivity index (χ0n) is 15.6. The molecule has 1 aromatic carbocycles. The second-order valence-corrected chi connectivity index (χ2v) is 7.40. The molecule has 1 saturated heterocycles. The molecule has 6 nitrogen and oxygen atoms in total. The zero-order valence-corrected chi connectivity index (χ0v) is 15.6. The van der Waals surface area contributed by atoms with E-state index in [1.807, 2.05) is 11.0 Å². The van der Waals surface area contributed by atoms with Crippen molar-refractivity contribution in [2.24, 2.45) is 11.8 Å². The summed E-state index contributed by atoms with van der Waals surface area (Å²) in [6, 6.07) is 12.1. The number of piperazine rings is 1. The Hall–Kier alpha value is -2.76. The second kappa shape index (κ2) is 7.47. The van der Waals surface area contributed by atoms with E-state index in [0.717, 1.165) is 18.8 Å². The van der Waals surface area contributed by atoms with E-state index in [4.69, 9.17) is 4.42 Å². The molecule has 2 fully saturated rings. The maximum Gasteiger partial charge on any atom is 0.226 e. The molecule has 0 spiro atoms.